The van der Waals surface area contributed by atoms with Crippen molar-refractivity contribution in [3.63, 3.8) is 0 Å². The van der Waals surface area contributed by atoms with Crippen molar-refractivity contribution < 1.29 is 27.3 Å². The fraction of sp³-hybridized carbons (Fsp3) is 0.484. The Morgan fingerprint density at radius 1 is 1.16 bits per heavy atom. The number of alkyl halides is 2. The number of pyridine rings is 1. The Morgan fingerprint density at radius 3 is 2.61 bits per heavy atom. The summed E-state index contributed by atoms with van der Waals surface area (Å²) in [5.74, 6) is -2.95. The van der Waals surface area contributed by atoms with E-state index in [4.69, 9.17) is 4.74 Å². The van der Waals surface area contributed by atoms with Crippen LogP contribution in [0.2, 0.25) is 0 Å². The maximum Gasteiger partial charge on any atom is 0.442 e. The number of nitrogens with one attached hydrogen (secondary N) is 1. The van der Waals surface area contributed by atoms with Crippen LogP contribution in [0.3, 0.4) is 0 Å². The van der Waals surface area contributed by atoms with Crippen LogP contribution in [0, 0.1) is 6.92 Å². The molecule has 44 heavy (non-hydrogen) atoms. The molecule has 1 saturated carbocycles. The number of carbonyl (C=O) groups excluding carboxylic acids is 2. The molecule has 2 aliphatic rings. The molecule has 1 saturated heterocycles. The molecule has 0 radical (unpaired) electrons. The zero-order valence-corrected chi connectivity index (χ0v) is 26.4. The average Bonchev–Trinajstić information content (AvgIpc) is 3.68. The predicted octanol–water partition coefficient (Wildman–Crippen LogP) is 6.86. The lowest BCUT2D eigenvalue weighted by Crippen LogP contribution is -2.30. The van der Waals surface area contributed by atoms with Crippen LogP contribution in [0.5, 0.6) is 0 Å². The third-order valence-electron chi connectivity index (χ3n) is 7.57. The summed E-state index contributed by atoms with van der Waals surface area (Å²) >= 11 is 0. The summed E-state index contributed by atoms with van der Waals surface area (Å²) in [6.07, 6.45) is 7.57. The highest BCUT2D eigenvalue weighted by molar-refractivity contribution is 7.93. The predicted molar refractivity (Wildman–Crippen MR) is 165 cm³/mol. The van der Waals surface area contributed by atoms with Gasteiger partial charge >= 0.3 is 6.09 Å². The van der Waals surface area contributed by atoms with Crippen molar-refractivity contribution in [1.82, 2.24) is 14.8 Å². The van der Waals surface area contributed by atoms with Gasteiger partial charge in [0.05, 0.1) is 27.5 Å². The SMILES string of the molecule is Cc1c(-c2cnn(C3CC3)c2)cnc(N2CCCC(F)(F)CC2)c1C(=O)Nc1cccc([S@@](C)(=O)=NC(=O)OC(C)(C)C)c1. The Morgan fingerprint density at radius 2 is 1.91 bits per heavy atom. The van der Waals surface area contributed by atoms with Gasteiger partial charge in [0, 0.05) is 66.3 Å². The highest BCUT2D eigenvalue weighted by atomic mass is 32.2. The van der Waals surface area contributed by atoms with Gasteiger partial charge in [-0.15, -0.1) is 4.36 Å². The van der Waals surface area contributed by atoms with E-state index in [2.05, 4.69) is 19.8 Å². The van der Waals surface area contributed by atoms with Gasteiger partial charge in [-0.25, -0.2) is 22.8 Å². The van der Waals surface area contributed by atoms with Crippen LogP contribution in [0.25, 0.3) is 11.1 Å². The van der Waals surface area contributed by atoms with E-state index in [9.17, 15) is 22.6 Å². The molecule has 2 aromatic heterocycles. The number of carbonyl (C=O) groups is 2. The Balaban J connectivity index is 1.49. The van der Waals surface area contributed by atoms with E-state index < -0.39 is 33.3 Å². The molecule has 0 spiro atoms. The number of amides is 2. The molecule has 1 aliphatic heterocycles. The van der Waals surface area contributed by atoms with Gasteiger partial charge in [-0.1, -0.05) is 6.07 Å². The maximum atomic E-state index is 14.2. The standard InChI is InChI=1S/C31H38F2N6O4S/c1-20-25(21-17-35-39(19-21)23-10-11-23)18-34-27(38-14-7-12-31(32,33)13-15-38)26(20)28(40)36-22-8-6-9-24(16-22)44(5,42)37-29(41)43-30(2,3)4/h6,8-9,16-19,23H,7,10-15H2,1-5H3,(H,36,40)/t44-/m1/s1. The van der Waals surface area contributed by atoms with Crippen LogP contribution in [0.4, 0.5) is 25.1 Å². The molecule has 236 valence electrons. The minimum atomic E-state index is -3.20. The number of halogens is 2. The normalized spacial score (nSPS) is 18.2. The zero-order chi connectivity index (χ0) is 31.9. The minimum absolute atomic E-state index is 0.0538. The Bertz CT molecular complexity index is 1700. The number of benzene rings is 1. The zero-order valence-electron chi connectivity index (χ0n) is 25.6. The Labute approximate surface area is 256 Å². The first-order chi connectivity index (χ1) is 20.6. The van der Waals surface area contributed by atoms with E-state index in [1.165, 1.54) is 12.3 Å². The summed E-state index contributed by atoms with van der Waals surface area (Å²) in [6, 6.07) is 6.65. The smallest absolute Gasteiger partial charge is 0.442 e. The molecule has 3 aromatic rings. The molecule has 10 nitrogen and oxygen atoms in total. The van der Waals surface area contributed by atoms with Crippen molar-refractivity contribution in [2.24, 2.45) is 4.36 Å². The number of hydrogen-bond acceptors (Lipinski definition) is 7. The third-order valence-corrected chi connectivity index (χ3v) is 9.19. The second kappa shape index (κ2) is 11.9. The summed E-state index contributed by atoms with van der Waals surface area (Å²) in [5, 5.41) is 7.35. The molecule has 2 fully saturated rings. The largest absolute Gasteiger partial charge is 0.442 e. The Kier molecular flexibility index (Phi) is 8.54. The summed E-state index contributed by atoms with van der Waals surface area (Å²) in [5.41, 5.74) is 1.93. The summed E-state index contributed by atoms with van der Waals surface area (Å²) in [6.45, 7) is 7.25. The molecular weight excluding hydrogens is 590 g/mol. The number of anilines is 2. The van der Waals surface area contributed by atoms with E-state index in [1.807, 2.05) is 17.8 Å². The van der Waals surface area contributed by atoms with Gasteiger partial charge < -0.3 is 15.0 Å². The number of rotatable bonds is 6. The second-order valence-electron chi connectivity index (χ2n) is 12.5. The topological polar surface area (TPSA) is 119 Å². The molecule has 1 atom stereocenters. The van der Waals surface area contributed by atoms with Crippen molar-refractivity contribution >= 4 is 33.2 Å². The molecule has 1 aromatic carbocycles. The lowest BCUT2D eigenvalue weighted by molar-refractivity contribution is -0.0102. The summed E-state index contributed by atoms with van der Waals surface area (Å²) in [4.78, 5) is 32.9. The molecule has 0 unspecified atom stereocenters. The summed E-state index contributed by atoms with van der Waals surface area (Å²) in [7, 11) is -3.20. The fourth-order valence-corrected chi connectivity index (χ4v) is 6.27. The lowest BCUT2D eigenvalue weighted by Gasteiger charge is -2.26. The molecule has 2 amide bonds. The van der Waals surface area contributed by atoms with Crippen LogP contribution < -0.4 is 10.2 Å². The van der Waals surface area contributed by atoms with Crippen LogP contribution in [-0.4, -0.2) is 61.8 Å². The number of hydrogen-bond donors (Lipinski definition) is 1. The monoisotopic (exact) mass is 628 g/mol. The van der Waals surface area contributed by atoms with Crippen molar-refractivity contribution in [2.75, 3.05) is 29.6 Å². The molecule has 13 heteroatoms. The molecule has 1 aliphatic carbocycles. The lowest BCUT2D eigenvalue weighted by atomic mass is 9.99. The summed E-state index contributed by atoms with van der Waals surface area (Å²) < 4.78 is 52.8. The molecule has 0 bridgehead atoms. The first-order valence-corrected chi connectivity index (χ1v) is 16.6. The first-order valence-electron chi connectivity index (χ1n) is 14.7. The van der Waals surface area contributed by atoms with Gasteiger partial charge in [-0.2, -0.15) is 5.10 Å². The maximum absolute atomic E-state index is 14.2. The highest BCUT2D eigenvalue weighted by Crippen LogP contribution is 2.37. The van der Waals surface area contributed by atoms with E-state index >= 15 is 0 Å². The van der Waals surface area contributed by atoms with E-state index in [0.29, 0.717) is 35.2 Å². The van der Waals surface area contributed by atoms with Gasteiger partial charge in [0.2, 0.25) is 5.92 Å². The quantitative estimate of drug-likeness (QED) is 0.317. The van der Waals surface area contributed by atoms with E-state index in [1.54, 1.807) is 56.3 Å². The third kappa shape index (κ3) is 7.43. The number of nitrogens with zero attached hydrogens (tertiary/aromatic N) is 5. The molecule has 1 N–H and O–H groups in total. The molecule has 3 heterocycles. The van der Waals surface area contributed by atoms with Gasteiger partial charge in [-0.05, 0) is 70.7 Å². The van der Waals surface area contributed by atoms with E-state index in [-0.39, 0.29) is 36.3 Å². The van der Waals surface area contributed by atoms with Gasteiger partial charge in [0.25, 0.3) is 5.91 Å². The Hall–Kier alpha value is -3.87. The van der Waals surface area contributed by atoms with Gasteiger partial charge in [-0.3, -0.25) is 9.48 Å². The van der Waals surface area contributed by atoms with Gasteiger partial charge in [0.1, 0.15) is 11.4 Å². The minimum Gasteiger partial charge on any atom is -0.442 e. The van der Waals surface area contributed by atoms with Crippen molar-refractivity contribution in [3.8, 4) is 11.1 Å². The van der Waals surface area contributed by atoms with E-state index in [0.717, 1.165) is 18.4 Å². The van der Waals surface area contributed by atoms with Crippen molar-refractivity contribution in [3.05, 3.63) is 54.0 Å². The average molecular weight is 629 g/mol. The highest BCUT2D eigenvalue weighted by Gasteiger charge is 2.34. The van der Waals surface area contributed by atoms with Crippen LogP contribution >= 0.6 is 0 Å². The molecular formula is C31H38F2N6O4S. The molecule has 5 rings (SSSR count). The number of ether oxygens (including phenoxy) is 1. The van der Waals surface area contributed by atoms with Gasteiger partial charge in [0.15, 0.2) is 0 Å². The van der Waals surface area contributed by atoms with Crippen molar-refractivity contribution in [2.45, 2.75) is 82.3 Å². The van der Waals surface area contributed by atoms with Crippen LogP contribution in [0.15, 0.2) is 52.1 Å². The van der Waals surface area contributed by atoms with Crippen LogP contribution in [0.1, 0.15) is 74.8 Å². The second-order valence-corrected chi connectivity index (χ2v) is 14.7. The fourth-order valence-electron chi connectivity index (χ4n) is 5.16. The van der Waals surface area contributed by atoms with Crippen LogP contribution in [-0.2, 0) is 14.5 Å². The first kappa shape index (κ1) is 31.6. The van der Waals surface area contributed by atoms with Crippen molar-refractivity contribution in [1.29, 1.82) is 0 Å². The number of aromatic nitrogens is 3.